The minimum Gasteiger partial charge on any atom is -0.313 e. The van der Waals surface area contributed by atoms with Crippen molar-refractivity contribution in [2.24, 2.45) is 0 Å². The fourth-order valence-corrected chi connectivity index (χ4v) is 6.21. The summed E-state index contributed by atoms with van der Waals surface area (Å²) >= 11 is 0. The summed E-state index contributed by atoms with van der Waals surface area (Å²) in [5.74, 6) is 0. The van der Waals surface area contributed by atoms with E-state index in [4.69, 9.17) is 0 Å². The molecule has 1 aliphatic carbocycles. The van der Waals surface area contributed by atoms with Crippen LogP contribution in [-0.4, -0.2) is 9.13 Å². The van der Waals surface area contributed by atoms with E-state index in [0.29, 0.717) is 0 Å². The van der Waals surface area contributed by atoms with Crippen molar-refractivity contribution in [2.75, 3.05) is 0 Å². The van der Waals surface area contributed by atoms with Gasteiger partial charge in [-0.2, -0.15) is 0 Å². The zero-order valence-electron chi connectivity index (χ0n) is 21.5. The Balaban J connectivity index is 1.21. The second kappa shape index (κ2) is 8.75. The first-order valence-electron chi connectivity index (χ1n) is 13.5. The summed E-state index contributed by atoms with van der Waals surface area (Å²) in [6.07, 6.45) is 9.97. The van der Waals surface area contributed by atoms with E-state index >= 15 is 0 Å². The molecule has 0 saturated heterocycles. The predicted molar refractivity (Wildman–Crippen MR) is 166 cm³/mol. The van der Waals surface area contributed by atoms with E-state index < -0.39 is 0 Å². The third kappa shape index (κ3) is 3.42. The van der Waals surface area contributed by atoms with Gasteiger partial charge < -0.3 is 9.13 Å². The molecule has 0 atom stereocenters. The number of aromatic nitrogens is 2. The van der Waals surface area contributed by atoms with Crippen LogP contribution in [0.5, 0.6) is 0 Å². The van der Waals surface area contributed by atoms with Gasteiger partial charge >= 0.3 is 0 Å². The molecule has 1 aliphatic rings. The van der Waals surface area contributed by atoms with E-state index in [2.05, 4.69) is 155 Å². The number of nitrogens with zero attached hydrogens (tertiary/aromatic N) is 2. The average molecular weight is 499 g/mol. The van der Waals surface area contributed by atoms with Crippen LogP contribution in [-0.2, 0) is 0 Å². The van der Waals surface area contributed by atoms with E-state index in [1.807, 2.05) is 0 Å². The van der Waals surface area contributed by atoms with Gasteiger partial charge in [0.2, 0.25) is 0 Å². The molecule has 0 bridgehead atoms. The second-order valence-electron chi connectivity index (χ2n) is 10.2. The van der Waals surface area contributed by atoms with Crippen LogP contribution in [0.4, 0.5) is 0 Å². The van der Waals surface area contributed by atoms with Gasteiger partial charge in [-0.1, -0.05) is 103 Å². The molecule has 2 nitrogen and oxygen atoms in total. The SMILES string of the molecule is C1=CC(c2ccc(-n3c4ccccc4c4ccccc43)cc2)=CC=C(n2c3ccccc3c3ccccc32)C1. The van der Waals surface area contributed by atoms with Crippen LogP contribution in [0.25, 0.3) is 60.6 Å². The maximum atomic E-state index is 2.42. The molecule has 5 aromatic carbocycles. The molecule has 0 spiro atoms. The molecule has 2 heteroatoms. The lowest BCUT2D eigenvalue weighted by Gasteiger charge is -2.10. The molecule has 0 amide bonds. The lowest BCUT2D eigenvalue weighted by atomic mass is 10.0. The standard InChI is InChI=1S/C37H26N2/c1-5-16-34-30(12-1)31-13-2-6-17-35(31)38(34)28-11-9-10-26(20-23-28)27-21-24-29(25-22-27)39-36-18-7-3-14-32(36)33-15-4-8-19-37(33)39/h1-10,12-25H,11H2. The number of rotatable bonds is 3. The van der Waals surface area contributed by atoms with Gasteiger partial charge in [0.15, 0.2) is 0 Å². The van der Waals surface area contributed by atoms with Crippen molar-refractivity contribution in [1.82, 2.24) is 9.13 Å². The van der Waals surface area contributed by atoms with Crippen molar-refractivity contribution < 1.29 is 0 Å². The maximum Gasteiger partial charge on any atom is 0.0541 e. The summed E-state index contributed by atoms with van der Waals surface area (Å²) in [6, 6.07) is 43.7. The van der Waals surface area contributed by atoms with Crippen molar-refractivity contribution in [2.45, 2.75) is 6.42 Å². The Labute approximate surface area is 227 Å². The molecule has 0 N–H and O–H groups in total. The van der Waals surface area contributed by atoms with E-state index in [9.17, 15) is 0 Å². The van der Waals surface area contributed by atoms with Crippen LogP contribution < -0.4 is 0 Å². The lowest BCUT2D eigenvalue weighted by Crippen LogP contribution is -1.95. The number of benzene rings is 5. The van der Waals surface area contributed by atoms with Gasteiger partial charge in [-0.3, -0.25) is 0 Å². The fourth-order valence-electron chi connectivity index (χ4n) is 6.21. The molecule has 2 aromatic heterocycles. The van der Waals surface area contributed by atoms with E-state index in [-0.39, 0.29) is 0 Å². The van der Waals surface area contributed by atoms with Gasteiger partial charge in [-0.25, -0.2) is 0 Å². The molecular weight excluding hydrogens is 472 g/mol. The Morgan fingerprint density at radius 1 is 0.436 bits per heavy atom. The smallest absolute Gasteiger partial charge is 0.0541 e. The topological polar surface area (TPSA) is 9.86 Å². The van der Waals surface area contributed by atoms with Crippen LogP contribution in [0.15, 0.2) is 146 Å². The largest absolute Gasteiger partial charge is 0.313 e. The molecule has 0 radical (unpaired) electrons. The predicted octanol–water partition coefficient (Wildman–Crippen LogP) is 9.78. The molecule has 0 unspecified atom stereocenters. The normalized spacial score (nSPS) is 13.7. The first kappa shape index (κ1) is 22.0. The number of allylic oxidation sites excluding steroid dienone is 6. The van der Waals surface area contributed by atoms with E-state index in [0.717, 1.165) is 6.42 Å². The summed E-state index contributed by atoms with van der Waals surface area (Å²) < 4.78 is 4.78. The number of hydrogen-bond donors (Lipinski definition) is 0. The summed E-state index contributed by atoms with van der Waals surface area (Å²) in [7, 11) is 0. The maximum absolute atomic E-state index is 2.42. The Kier molecular flexibility index (Phi) is 4.92. The van der Waals surface area contributed by atoms with Crippen LogP contribution in [0.3, 0.4) is 0 Å². The van der Waals surface area contributed by atoms with Crippen LogP contribution >= 0.6 is 0 Å². The van der Waals surface area contributed by atoms with Gasteiger partial charge in [-0.05, 0) is 53.6 Å². The fraction of sp³-hybridized carbons (Fsp3) is 0.0270. The Morgan fingerprint density at radius 2 is 0.897 bits per heavy atom. The summed E-state index contributed by atoms with van der Waals surface area (Å²) in [6.45, 7) is 0. The van der Waals surface area contributed by atoms with Gasteiger partial charge in [0.25, 0.3) is 0 Å². The third-order valence-electron chi connectivity index (χ3n) is 7.99. The van der Waals surface area contributed by atoms with Crippen LogP contribution in [0, 0.1) is 0 Å². The molecule has 0 saturated carbocycles. The van der Waals surface area contributed by atoms with Crippen molar-refractivity contribution in [3.05, 3.63) is 151 Å². The molecule has 2 heterocycles. The highest BCUT2D eigenvalue weighted by molar-refractivity contribution is 6.10. The molecule has 39 heavy (non-hydrogen) atoms. The minimum absolute atomic E-state index is 0.877. The Morgan fingerprint density at radius 3 is 1.41 bits per heavy atom. The van der Waals surface area contributed by atoms with Crippen molar-refractivity contribution in [1.29, 1.82) is 0 Å². The highest BCUT2D eigenvalue weighted by Gasteiger charge is 2.14. The number of hydrogen-bond acceptors (Lipinski definition) is 0. The van der Waals surface area contributed by atoms with Crippen LogP contribution in [0.1, 0.15) is 12.0 Å². The molecule has 0 aliphatic heterocycles. The zero-order valence-corrected chi connectivity index (χ0v) is 21.5. The van der Waals surface area contributed by atoms with Crippen LogP contribution in [0.2, 0.25) is 0 Å². The minimum atomic E-state index is 0.877. The average Bonchev–Trinajstić information content (AvgIpc) is 3.39. The highest BCUT2D eigenvalue weighted by Crippen LogP contribution is 2.35. The van der Waals surface area contributed by atoms with Gasteiger partial charge in [0.1, 0.15) is 0 Å². The number of fused-ring (bicyclic) bond motifs is 6. The zero-order chi connectivity index (χ0) is 25.8. The van der Waals surface area contributed by atoms with Gasteiger partial charge in [-0.15, -0.1) is 0 Å². The van der Waals surface area contributed by atoms with Crippen molar-refractivity contribution >= 4 is 54.9 Å². The number of para-hydroxylation sites is 4. The summed E-state index contributed by atoms with van der Waals surface area (Å²) in [4.78, 5) is 0. The first-order chi connectivity index (χ1) is 19.4. The van der Waals surface area contributed by atoms with E-state index in [1.165, 1.54) is 66.1 Å². The summed E-state index contributed by atoms with van der Waals surface area (Å²) in [5, 5.41) is 5.17. The molecule has 8 rings (SSSR count). The Bertz CT molecular complexity index is 2020. The molecule has 7 aromatic rings. The molecule has 184 valence electrons. The van der Waals surface area contributed by atoms with Gasteiger partial charge in [0.05, 0.1) is 22.1 Å². The second-order valence-corrected chi connectivity index (χ2v) is 10.2. The highest BCUT2D eigenvalue weighted by atomic mass is 15.0. The summed E-state index contributed by atoms with van der Waals surface area (Å²) in [5.41, 5.74) is 9.88. The quantitative estimate of drug-likeness (QED) is 0.229. The third-order valence-corrected chi connectivity index (χ3v) is 7.99. The first-order valence-corrected chi connectivity index (χ1v) is 13.5. The van der Waals surface area contributed by atoms with E-state index in [1.54, 1.807) is 0 Å². The molecule has 0 fully saturated rings. The van der Waals surface area contributed by atoms with Crippen molar-refractivity contribution in [3.63, 3.8) is 0 Å². The van der Waals surface area contributed by atoms with Crippen molar-refractivity contribution in [3.8, 4) is 5.69 Å². The Hall–Kier alpha value is -5.08. The molecular formula is C37H26N2. The lowest BCUT2D eigenvalue weighted by molar-refractivity contribution is 1.14. The van der Waals surface area contributed by atoms with Gasteiger partial charge in [0, 0.05) is 39.4 Å². The monoisotopic (exact) mass is 498 g/mol.